The summed E-state index contributed by atoms with van der Waals surface area (Å²) in [6, 6.07) is 13.3. The predicted molar refractivity (Wildman–Crippen MR) is 112 cm³/mol. The number of ketones is 1. The largest absolute Gasteiger partial charge is 0.507 e. The van der Waals surface area contributed by atoms with Gasteiger partial charge >= 0.3 is 0 Å². The van der Waals surface area contributed by atoms with E-state index in [1.807, 2.05) is 49.3 Å². The van der Waals surface area contributed by atoms with Crippen LogP contribution in [0.2, 0.25) is 5.02 Å². The molecular weight excluding hydrogens is 392 g/mol. The van der Waals surface area contributed by atoms with Crippen molar-refractivity contribution in [3.05, 3.63) is 70.3 Å². The van der Waals surface area contributed by atoms with Crippen LogP contribution < -0.4 is 4.74 Å². The number of Topliss-reactive ketones (excluding diaryl/α,β-unsaturated/α-hetero) is 1. The van der Waals surface area contributed by atoms with Gasteiger partial charge in [-0.05, 0) is 37.9 Å². The molecule has 1 aliphatic heterocycles. The molecule has 1 aliphatic rings. The molecule has 0 bridgehead atoms. The minimum absolute atomic E-state index is 0.0232. The second-order valence-corrected chi connectivity index (χ2v) is 7.46. The van der Waals surface area contributed by atoms with Gasteiger partial charge in [0, 0.05) is 18.7 Å². The summed E-state index contributed by atoms with van der Waals surface area (Å²) >= 11 is 6.28. The predicted octanol–water partition coefficient (Wildman–Crippen LogP) is 3.33. The first-order valence-corrected chi connectivity index (χ1v) is 9.55. The van der Waals surface area contributed by atoms with Crippen molar-refractivity contribution in [2.45, 2.75) is 6.04 Å². The van der Waals surface area contributed by atoms with Crippen molar-refractivity contribution in [2.24, 2.45) is 0 Å². The SMILES string of the molecule is COc1ccc(Cl)c(/C(O)=C2\C(=O)C(=O)N(CCN(C)C)C2c2ccccc2)c1. The summed E-state index contributed by atoms with van der Waals surface area (Å²) in [5.74, 6) is -1.20. The molecule has 0 radical (unpaired) electrons. The fourth-order valence-corrected chi connectivity index (χ4v) is 3.57. The molecular formula is C22H23ClN2O4. The molecule has 152 valence electrons. The standard InChI is InChI=1S/C22H23ClN2O4/c1-24(2)11-12-25-19(14-7-5-4-6-8-14)18(21(27)22(25)28)20(26)16-13-15(29-3)9-10-17(16)23/h4-10,13,19,26H,11-12H2,1-3H3/b20-18+. The van der Waals surface area contributed by atoms with Crippen molar-refractivity contribution >= 4 is 29.1 Å². The molecule has 0 saturated carbocycles. The van der Waals surface area contributed by atoms with E-state index in [4.69, 9.17) is 16.3 Å². The Bertz CT molecular complexity index is 957. The number of likely N-dealkylation sites (N-methyl/N-ethyl adjacent to an activating group) is 1. The summed E-state index contributed by atoms with van der Waals surface area (Å²) in [7, 11) is 5.28. The molecule has 1 fully saturated rings. The number of halogens is 1. The Hall–Kier alpha value is -2.83. The molecule has 0 aliphatic carbocycles. The number of ether oxygens (including phenoxy) is 1. The Labute approximate surface area is 174 Å². The minimum Gasteiger partial charge on any atom is -0.507 e. The third-order valence-corrected chi connectivity index (χ3v) is 5.20. The van der Waals surface area contributed by atoms with Crippen LogP contribution in [0.1, 0.15) is 17.2 Å². The molecule has 2 aromatic carbocycles. The smallest absolute Gasteiger partial charge is 0.295 e. The van der Waals surface area contributed by atoms with Gasteiger partial charge in [0.1, 0.15) is 11.5 Å². The van der Waals surface area contributed by atoms with Crippen molar-refractivity contribution in [1.29, 1.82) is 0 Å². The van der Waals surface area contributed by atoms with E-state index in [1.165, 1.54) is 12.0 Å². The number of hydrogen-bond acceptors (Lipinski definition) is 5. The first kappa shape index (κ1) is 20.9. The number of aliphatic hydroxyl groups is 1. The Morgan fingerprint density at radius 3 is 2.48 bits per heavy atom. The van der Waals surface area contributed by atoms with Gasteiger partial charge in [-0.3, -0.25) is 9.59 Å². The van der Waals surface area contributed by atoms with E-state index in [0.29, 0.717) is 18.8 Å². The van der Waals surface area contributed by atoms with E-state index in [0.717, 1.165) is 5.56 Å². The average molecular weight is 415 g/mol. The first-order chi connectivity index (χ1) is 13.8. The normalized spacial score (nSPS) is 18.5. The average Bonchev–Trinajstić information content (AvgIpc) is 2.97. The summed E-state index contributed by atoms with van der Waals surface area (Å²) in [4.78, 5) is 29.2. The number of carbonyl (C=O) groups excluding carboxylic acids is 2. The number of rotatable bonds is 6. The van der Waals surface area contributed by atoms with Crippen LogP contribution in [0.25, 0.3) is 5.76 Å². The summed E-state index contributed by atoms with van der Waals surface area (Å²) < 4.78 is 5.21. The van der Waals surface area contributed by atoms with Crippen molar-refractivity contribution < 1.29 is 19.4 Å². The summed E-state index contributed by atoms with van der Waals surface area (Å²) in [5.41, 5.74) is 1.01. The summed E-state index contributed by atoms with van der Waals surface area (Å²) in [5, 5.41) is 11.3. The van der Waals surface area contributed by atoms with Crippen LogP contribution in [0.4, 0.5) is 0 Å². The zero-order valence-electron chi connectivity index (χ0n) is 16.6. The van der Waals surface area contributed by atoms with E-state index in [2.05, 4.69) is 0 Å². The van der Waals surface area contributed by atoms with Crippen LogP contribution in [0.5, 0.6) is 5.75 Å². The number of aliphatic hydroxyl groups excluding tert-OH is 1. The van der Waals surface area contributed by atoms with E-state index in [-0.39, 0.29) is 21.9 Å². The maximum Gasteiger partial charge on any atom is 0.295 e. The molecule has 1 N–H and O–H groups in total. The van der Waals surface area contributed by atoms with Gasteiger partial charge in [0.15, 0.2) is 0 Å². The van der Waals surface area contributed by atoms with Gasteiger partial charge in [-0.1, -0.05) is 41.9 Å². The Balaban J connectivity index is 2.18. The highest BCUT2D eigenvalue weighted by Gasteiger charge is 2.46. The second kappa shape index (κ2) is 8.68. The molecule has 6 nitrogen and oxygen atoms in total. The highest BCUT2D eigenvalue weighted by Crippen LogP contribution is 2.40. The van der Waals surface area contributed by atoms with Crippen LogP contribution in [-0.2, 0) is 9.59 Å². The third kappa shape index (κ3) is 4.13. The van der Waals surface area contributed by atoms with Gasteiger partial charge in [-0.25, -0.2) is 0 Å². The molecule has 1 unspecified atom stereocenters. The first-order valence-electron chi connectivity index (χ1n) is 9.17. The summed E-state index contributed by atoms with van der Waals surface area (Å²) in [6.07, 6.45) is 0. The van der Waals surface area contributed by atoms with Gasteiger partial charge in [-0.15, -0.1) is 0 Å². The number of methoxy groups -OCH3 is 1. The van der Waals surface area contributed by atoms with Crippen molar-refractivity contribution in [3.63, 3.8) is 0 Å². The fraction of sp³-hybridized carbons (Fsp3) is 0.273. The molecule has 1 atom stereocenters. The third-order valence-electron chi connectivity index (χ3n) is 4.87. The number of benzene rings is 2. The molecule has 1 amide bonds. The Morgan fingerprint density at radius 1 is 1.17 bits per heavy atom. The number of likely N-dealkylation sites (tertiary alicyclic amines) is 1. The van der Waals surface area contributed by atoms with Crippen molar-refractivity contribution in [2.75, 3.05) is 34.3 Å². The Kier molecular flexibility index (Phi) is 6.25. The zero-order chi connectivity index (χ0) is 21.1. The number of carbonyl (C=O) groups is 2. The minimum atomic E-state index is -0.728. The highest BCUT2D eigenvalue weighted by atomic mass is 35.5. The van der Waals surface area contributed by atoms with E-state index in [1.54, 1.807) is 18.2 Å². The number of hydrogen-bond donors (Lipinski definition) is 1. The monoisotopic (exact) mass is 414 g/mol. The lowest BCUT2D eigenvalue weighted by atomic mass is 9.95. The van der Waals surface area contributed by atoms with Crippen LogP contribution in [0.15, 0.2) is 54.1 Å². The number of nitrogens with zero attached hydrogens (tertiary/aromatic N) is 2. The molecule has 2 aromatic rings. The van der Waals surface area contributed by atoms with Gasteiger partial charge in [-0.2, -0.15) is 0 Å². The molecule has 29 heavy (non-hydrogen) atoms. The lowest BCUT2D eigenvalue weighted by molar-refractivity contribution is -0.140. The quantitative estimate of drug-likeness (QED) is 0.446. The maximum absolute atomic E-state index is 12.9. The van der Waals surface area contributed by atoms with Gasteiger partial charge in [0.25, 0.3) is 11.7 Å². The van der Waals surface area contributed by atoms with Crippen molar-refractivity contribution in [1.82, 2.24) is 9.80 Å². The molecule has 1 saturated heterocycles. The van der Waals surface area contributed by atoms with Crippen LogP contribution >= 0.6 is 11.6 Å². The molecule has 7 heteroatoms. The van der Waals surface area contributed by atoms with Crippen LogP contribution in [0, 0.1) is 0 Å². The van der Waals surface area contributed by atoms with Gasteiger partial charge in [0.05, 0.1) is 23.7 Å². The molecule has 3 rings (SSSR count). The van der Waals surface area contributed by atoms with E-state index < -0.39 is 17.7 Å². The molecule has 0 spiro atoms. The highest BCUT2D eigenvalue weighted by molar-refractivity contribution is 6.47. The molecule has 0 aromatic heterocycles. The fourth-order valence-electron chi connectivity index (χ4n) is 3.36. The molecule has 1 heterocycles. The maximum atomic E-state index is 12.9. The topological polar surface area (TPSA) is 70.1 Å². The Morgan fingerprint density at radius 2 is 1.86 bits per heavy atom. The summed E-state index contributed by atoms with van der Waals surface area (Å²) in [6.45, 7) is 0.927. The van der Waals surface area contributed by atoms with Crippen molar-refractivity contribution in [3.8, 4) is 5.75 Å². The lowest BCUT2D eigenvalue weighted by Crippen LogP contribution is -2.35. The lowest BCUT2D eigenvalue weighted by Gasteiger charge is -2.26. The van der Waals surface area contributed by atoms with E-state index >= 15 is 0 Å². The van der Waals surface area contributed by atoms with E-state index in [9.17, 15) is 14.7 Å². The zero-order valence-corrected chi connectivity index (χ0v) is 17.3. The number of amides is 1. The van der Waals surface area contributed by atoms with Crippen LogP contribution in [0.3, 0.4) is 0 Å². The van der Waals surface area contributed by atoms with Crippen LogP contribution in [-0.4, -0.2) is 60.9 Å². The van der Waals surface area contributed by atoms with Gasteiger partial charge in [0.2, 0.25) is 0 Å². The van der Waals surface area contributed by atoms with Gasteiger partial charge < -0.3 is 19.6 Å². The second-order valence-electron chi connectivity index (χ2n) is 7.05.